The minimum atomic E-state index is 0. The summed E-state index contributed by atoms with van der Waals surface area (Å²) in [4.78, 5) is 0. The lowest BCUT2D eigenvalue weighted by molar-refractivity contribution is 0.182. The molecule has 2 heteroatoms. The fraction of sp³-hybridized carbons (Fsp3) is 1.00. The molecule has 0 saturated heterocycles. The van der Waals surface area contributed by atoms with E-state index in [-0.39, 0.29) is 12.4 Å². The summed E-state index contributed by atoms with van der Waals surface area (Å²) in [5.41, 5.74) is 6.66. The molecule has 12 heavy (non-hydrogen) atoms. The average Bonchev–Trinajstić information content (AvgIpc) is 2.45. The summed E-state index contributed by atoms with van der Waals surface area (Å²) in [5.74, 6) is 0. The Balaban J connectivity index is 0.000000720. The van der Waals surface area contributed by atoms with Crippen LogP contribution in [0.2, 0.25) is 0 Å². The van der Waals surface area contributed by atoms with Gasteiger partial charge in [-0.2, -0.15) is 0 Å². The van der Waals surface area contributed by atoms with Gasteiger partial charge < -0.3 is 5.73 Å². The van der Waals surface area contributed by atoms with E-state index in [0.717, 1.165) is 5.41 Å². The van der Waals surface area contributed by atoms with E-state index in [0.29, 0.717) is 6.04 Å². The van der Waals surface area contributed by atoms with Gasteiger partial charge in [-0.3, -0.25) is 0 Å². The lowest BCUT2D eigenvalue weighted by Gasteiger charge is -2.35. The van der Waals surface area contributed by atoms with Crippen molar-refractivity contribution >= 4 is 12.4 Å². The van der Waals surface area contributed by atoms with Crippen LogP contribution in [-0.2, 0) is 0 Å². The number of hydrogen-bond donors (Lipinski definition) is 1. The summed E-state index contributed by atoms with van der Waals surface area (Å²) in [7, 11) is 0. The molecular weight excluding hydrogens is 170 g/mol. The quantitative estimate of drug-likeness (QED) is 0.623. The molecule has 2 rings (SSSR count). The molecule has 0 unspecified atom stereocenters. The van der Waals surface area contributed by atoms with Crippen LogP contribution < -0.4 is 5.73 Å². The van der Waals surface area contributed by atoms with E-state index in [4.69, 9.17) is 5.73 Å². The van der Waals surface area contributed by atoms with Gasteiger partial charge in [0.05, 0.1) is 0 Å². The van der Waals surface area contributed by atoms with Gasteiger partial charge in [0.15, 0.2) is 0 Å². The van der Waals surface area contributed by atoms with Crippen LogP contribution >= 0.6 is 12.4 Å². The van der Waals surface area contributed by atoms with E-state index in [2.05, 4.69) is 0 Å². The molecule has 0 aromatic rings. The maximum atomic E-state index is 5.89. The van der Waals surface area contributed by atoms with E-state index in [1.165, 1.54) is 51.4 Å². The highest BCUT2D eigenvalue weighted by Crippen LogP contribution is 2.48. The molecule has 1 nitrogen and oxygen atoms in total. The van der Waals surface area contributed by atoms with Gasteiger partial charge in [0.25, 0.3) is 0 Å². The van der Waals surface area contributed by atoms with Crippen LogP contribution in [0.25, 0.3) is 0 Å². The van der Waals surface area contributed by atoms with Gasteiger partial charge in [-0.15, -0.1) is 12.4 Å². The van der Waals surface area contributed by atoms with Gasteiger partial charge in [-0.05, 0) is 43.9 Å². The molecule has 0 bridgehead atoms. The maximum Gasteiger partial charge on any atom is 0.00392 e. The Labute approximate surface area is 81.5 Å². The highest BCUT2D eigenvalue weighted by atomic mass is 35.5. The first-order chi connectivity index (χ1) is 5.31. The molecule has 2 aliphatic rings. The summed E-state index contributed by atoms with van der Waals surface area (Å²) in [6, 6.07) is 0.529. The fourth-order valence-corrected chi connectivity index (χ4v) is 2.88. The standard InChI is InChI=1S/C10H19N.ClH/c11-9-3-7-10(8-4-9)5-1-2-6-10;/h9H,1-8,11H2;1H. The first kappa shape index (κ1) is 10.3. The largest absolute Gasteiger partial charge is 0.328 e. The van der Waals surface area contributed by atoms with Crippen molar-refractivity contribution in [2.24, 2.45) is 11.1 Å². The molecule has 2 aliphatic carbocycles. The third kappa shape index (κ3) is 1.94. The van der Waals surface area contributed by atoms with Crippen molar-refractivity contribution in [2.75, 3.05) is 0 Å². The Morgan fingerprint density at radius 3 is 1.92 bits per heavy atom. The SMILES string of the molecule is Cl.NC1CCC2(CCCC2)CC1. The van der Waals surface area contributed by atoms with E-state index in [1.807, 2.05) is 0 Å². The molecule has 0 heterocycles. The second-order valence-corrected chi connectivity index (χ2v) is 4.54. The maximum absolute atomic E-state index is 5.89. The predicted molar refractivity (Wildman–Crippen MR) is 54.6 cm³/mol. The van der Waals surface area contributed by atoms with Crippen LogP contribution in [0.1, 0.15) is 51.4 Å². The number of rotatable bonds is 0. The molecule has 0 atom stereocenters. The second-order valence-electron chi connectivity index (χ2n) is 4.54. The molecule has 1 spiro atoms. The van der Waals surface area contributed by atoms with Crippen LogP contribution in [0.5, 0.6) is 0 Å². The zero-order chi connectivity index (χ0) is 7.73. The van der Waals surface area contributed by atoms with E-state index >= 15 is 0 Å². The number of hydrogen-bond acceptors (Lipinski definition) is 1. The van der Waals surface area contributed by atoms with Crippen molar-refractivity contribution in [3.05, 3.63) is 0 Å². The number of nitrogens with two attached hydrogens (primary N) is 1. The molecular formula is C10H20ClN. The zero-order valence-electron chi connectivity index (χ0n) is 7.72. The van der Waals surface area contributed by atoms with Crippen LogP contribution in [0.3, 0.4) is 0 Å². The number of halogens is 1. The van der Waals surface area contributed by atoms with Crippen molar-refractivity contribution in [3.8, 4) is 0 Å². The Kier molecular flexibility index (Phi) is 3.42. The highest BCUT2D eigenvalue weighted by molar-refractivity contribution is 5.85. The molecule has 2 N–H and O–H groups in total. The van der Waals surface area contributed by atoms with E-state index in [9.17, 15) is 0 Å². The summed E-state index contributed by atoms with van der Waals surface area (Å²) in [5, 5.41) is 0. The third-order valence-electron chi connectivity index (χ3n) is 3.76. The molecule has 2 fully saturated rings. The topological polar surface area (TPSA) is 26.0 Å². The summed E-state index contributed by atoms with van der Waals surface area (Å²) in [6.07, 6.45) is 11.4. The summed E-state index contributed by atoms with van der Waals surface area (Å²) >= 11 is 0. The van der Waals surface area contributed by atoms with E-state index in [1.54, 1.807) is 0 Å². The van der Waals surface area contributed by atoms with Crippen molar-refractivity contribution in [2.45, 2.75) is 57.4 Å². The molecule has 72 valence electrons. The second kappa shape index (κ2) is 3.97. The molecule has 0 aromatic carbocycles. The average molecular weight is 190 g/mol. The summed E-state index contributed by atoms with van der Waals surface area (Å²) in [6.45, 7) is 0. The zero-order valence-corrected chi connectivity index (χ0v) is 8.54. The Bertz CT molecular complexity index is 131. The Morgan fingerprint density at radius 2 is 1.42 bits per heavy atom. The first-order valence-electron chi connectivity index (χ1n) is 5.06. The highest BCUT2D eigenvalue weighted by Gasteiger charge is 2.36. The monoisotopic (exact) mass is 189 g/mol. The predicted octanol–water partition coefficient (Wildman–Crippen LogP) is 2.87. The molecule has 0 amide bonds. The normalized spacial score (nSPS) is 28.8. The van der Waals surface area contributed by atoms with Crippen LogP contribution in [0.15, 0.2) is 0 Å². The van der Waals surface area contributed by atoms with Gasteiger partial charge in [0.1, 0.15) is 0 Å². The van der Waals surface area contributed by atoms with Gasteiger partial charge in [0, 0.05) is 6.04 Å². The minimum Gasteiger partial charge on any atom is -0.328 e. The van der Waals surface area contributed by atoms with Crippen molar-refractivity contribution in [3.63, 3.8) is 0 Å². The Hall–Kier alpha value is 0.250. The van der Waals surface area contributed by atoms with Crippen molar-refractivity contribution in [1.29, 1.82) is 0 Å². The lowest BCUT2D eigenvalue weighted by atomic mass is 9.71. The Morgan fingerprint density at radius 1 is 0.917 bits per heavy atom. The molecule has 0 aliphatic heterocycles. The lowest BCUT2D eigenvalue weighted by Crippen LogP contribution is -2.32. The smallest absolute Gasteiger partial charge is 0.00392 e. The van der Waals surface area contributed by atoms with Gasteiger partial charge in [-0.1, -0.05) is 12.8 Å². The third-order valence-corrected chi connectivity index (χ3v) is 3.76. The van der Waals surface area contributed by atoms with Gasteiger partial charge in [0.2, 0.25) is 0 Å². The van der Waals surface area contributed by atoms with Crippen molar-refractivity contribution < 1.29 is 0 Å². The van der Waals surface area contributed by atoms with Gasteiger partial charge >= 0.3 is 0 Å². The van der Waals surface area contributed by atoms with E-state index < -0.39 is 0 Å². The van der Waals surface area contributed by atoms with Crippen LogP contribution in [0, 0.1) is 5.41 Å². The molecule has 0 aromatic heterocycles. The minimum absolute atomic E-state index is 0. The van der Waals surface area contributed by atoms with Crippen molar-refractivity contribution in [1.82, 2.24) is 0 Å². The molecule has 2 saturated carbocycles. The fourth-order valence-electron chi connectivity index (χ4n) is 2.88. The van der Waals surface area contributed by atoms with Crippen LogP contribution in [0.4, 0.5) is 0 Å². The molecule has 0 radical (unpaired) electrons. The van der Waals surface area contributed by atoms with Gasteiger partial charge in [-0.25, -0.2) is 0 Å². The first-order valence-corrected chi connectivity index (χ1v) is 5.06. The van der Waals surface area contributed by atoms with Crippen LogP contribution in [-0.4, -0.2) is 6.04 Å². The summed E-state index contributed by atoms with van der Waals surface area (Å²) < 4.78 is 0.